The minimum atomic E-state index is -0.162. The first-order valence-corrected chi connectivity index (χ1v) is 10.8. The first-order chi connectivity index (χ1) is 13.7. The minimum absolute atomic E-state index is 0.0726. The van der Waals surface area contributed by atoms with Gasteiger partial charge in [-0.15, -0.1) is 0 Å². The Morgan fingerprint density at radius 1 is 0.929 bits per heavy atom. The van der Waals surface area contributed by atoms with Crippen molar-refractivity contribution in [2.45, 2.75) is 70.3 Å². The maximum Gasteiger partial charge on any atom is 0.290 e. The van der Waals surface area contributed by atoms with Gasteiger partial charge in [0.1, 0.15) is 0 Å². The van der Waals surface area contributed by atoms with Crippen LogP contribution >= 0.6 is 0 Å². The molecule has 1 saturated carbocycles. The van der Waals surface area contributed by atoms with Crippen molar-refractivity contribution in [1.29, 1.82) is 0 Å². The Morgan fingerprint density at radius 2 is 1.61 bits per heavy atom. The lowest BCUT2D eigenvalue weighted by atomic mass is 10.1. The summed E-state index contributed by atoms with van der Waals surface area (Å²) in [5, 5.41) is 3.17. The highest BCUT2D eigenvalue weighted by atomic mass is 16.2. The summed E-state index contributed by atoms with van der Waals surface area (Å²) in [4.78, 5) is 32.6. The number of likely N-dealkylation sites (tertiary alicyclic amines) is 1. The summed E-state index contributed by atoms with van der Waals surface area (Å²) in [5.74, 6) is 0.116. The number of carbonyl (C=O) groups is 2. The van der Waals surface area contributed by atoms with Gasteiger partial charge in [-0.1, -0.05) is 44.6 Å². The molecule has 0 spiro atoms. The SMILES string of the molecule is O=C(NC1CCCCCC1)c1nc(C(=O)N2CCCCCC2)n2ccccc12. The Kier molecular flexibility index (Phi) is 5.93. The number of aromatic nitrogens is 2. The third-order valence-electron chi connectivity index (χ3n) is 6.04. The molecule has 1 aliphatic carbocycles. The van der Waals surface area contributed by atoms with Crippen molar-refractivity contribution in [3.8, 4) is 0 Å². The molecule has 0 unspecified atom stereocenters. The summed E-state index contributed by atoms with van der Waals surface area (Å²) in [6.45, 7) is 1.54. The highest BCUT2D eigenvalue weighted by molar-refractivity contribution is 6.02. The molecule has 4 rings (SSSR count). The highest BCUT2D eigenvalue weighted by Crippen LogP contribution is 2.20. The van der Waals surface area contributed by atoms with Crippen molar-refractivity contribution in [3.05, 3.63) is 35.9 Å². The minimum Gasteiger partial charge on any atom is -0.348 e. The van der Waals surface area contributed by atoms with Crippen LogP contribution in [0.3, 0.4) is 0 Å². The zero-order valence-electron chi connectivity index (χ0n) is 16.5. The number of pyridine rings is 1. The van der Waals surface area contributed by atoms with Crippen LogP contribution in [0.25, 0.3) is 5.52 Å². The van der Waals surface area contributed by atoms with Gasteiger partial charge in [0.15, 0.2) is 5.69 Å². The predicted octanol–water partition coefficient (Wildman–Crippen LogP) is 3.80. The Bertz CT molecular complexity index is 828. The van der Waals surface area contributed by atoms with Crippen LogP contribution < -0.4 is 5.32 Å². The van der Waals surface area contributed by atoms with Crippen LogP contribution in [0.2, 0.25) is 0 Å². The highest BCUT2D eigenvalue weighted by Gasteiger charge is 2.26. The summed E-state index contributed by atoms with van der Waals surface area (Å²) in [5.41, 5.74) is 1.06. The second kappa shape index (κ2) is 8.76. The van der Waals surface area contributed by atoms with E-state index in [1.807, 2.05) is 29.3 Å². The Morgan fingerprint density at radius 3 is 2.32 bits per heavy atom. The number of fused-ring (bicyclic) bond motifs is 1. The molecule has 1 N–H and O–H groups in total. The molecule has 6 heteroatoms. The molecular formula is C22H30N4O2. The molecule has 1 saturated heterocycles. The maximum absolute atomic E-state index is 13.1. The molecule has 3 heterocycles. The standard InChI is InChI=1S/C22H30N4O2/c27-21(23-17-11-5-1-2-6-12-17)19-18-13-7-10-16-26(18)20(24-19)22(28)25-14-8-3-4-9-15-25/h7,10,13,16-17H,1-6,8-9,11-12,14-15H2,(H,23,27). The molecule has 0 radical (unpaired) electrons. The topological polar surface area (TPSA) is 66.7 Å². The molecule has 0 bridgehead atoms. The predicted molar refractivity (Wildman–Crippen MR) is 109 cm³/mol. The first kappa shape index (κ1) is 19.0. The van der Waals surface area contributed by atoms with Crippen LogP contribution in [0.15, 0.2) is 24.4 Å². The van der Waals surface area contributed by atoms with Crippen molar-refractivity contribution in [2.24, 2.45) is 0 Å². The largest absolute Gasteiger partial charge is 0.348 e. The van der Waals surface area contributed by atoms with Crippen LogP contribution in [0.5, 0.6) is 0 Å². The third kappa shape index (κ3) is 4.05. The smallest absolute Gasteiger partial charge is 0.290 e. The zero-order chi connectivity index (χ0) is 19.3. The van der Waals surface area contributed by atoms with E-state index in [-0.39, 0.29) is 17.9 Å². The second-order valence-electron chi connectivity index (χ2n) is 8.11. The zero-order valence-corrected chi connectivity index (χ0v) is 16.5. The Hall–Kier alpha value is -2.37. The molecule has 0 atom stereocenters. The van der Waals surface area contributed by atoms with Gasteiger partial charge in [0, 0.05) is 25.3 Å². The van der Waals surface area contributed by atoms with E-state index >= 15 is 0 Å². The number of hydrogen-bond donors (Lipinski definition) is 1. The number of imidazole rings is 1. The van der Waals surface area contributed by atoms with Gasteiger partial charge in [-0.2, -0.15) is 0 Å². The van der Waals surface area contributed by atoms with Gasteiger partial charge >= 0.3 is 0 Å². The number of hydrogen-bond acceptors (Lipinski definition) is 3. The number of nitrogens with one attached hydrogen (secondary N) is 1. The van der Waals surface area contributed by atoms with Crippen LogP contribution in [0, 0.1) is 0 Å². The quantitative estimate of drug-likeness (QED) is 0.821. The van der Waals surface area contributed by atoms with Gasteiger partial charge in [0.25, 0.3) is 11.8 Å². The maximum atomic E-state index is 13.1. The summed E-state index contributed by atoms with van der Waals surface area (Å²) in [7, 11) is 0. The van der Waals surface area contributed by atoms with Crippen molar-refractivity contribution in [2.75, 3.05) is 13.1 Å². The van der Waals surface area contributed by atoms with E-state index in [0.717, 1.165) is 51.6 Å². The van der Waals surface area contributed by atoms with Gasteiger partial charge in [0.05, 0.1) is 5.52 Å². The average molecular weight is 383 g/mol. The molecule has 2 aliphatic rings. The summed E-state index contributed by atoms with van der Waals surface area (Å²) in [6, 6.07) is 5.84. The van der Waals surface area contributed by atoms with E-state index in [4.69, 9.17) is 0 Å². The van der Waals surface area contributed by atoms with E-state index in [1.54, 1.807) is 4.40 Å². The van der Waals surface area contributed by atoms with Gasteiger partial charge in [-0.05, 0) is 37.8 Å². The van der Waals surface area contributed by atoms with Crippen molar-refractivity contribution in [1.82, 2.24) is 19.6 Å². The molecule has 1 aliphatic heterocycles. The van der Waals surface area contributed by atoms with Crippen molar-refractivity contribution in [3.63, 3.8) is 0 Å². The van der Waals surface area contributed by atoms with Gasteiger partial charge < -0.3 is 10.2 Å². The van der Waals surface area contributed by atoms with Crippen LogP contribution in [0.4, 0.5) is 0 Å². The van der Waals surface area contributed by atoms with Gasteiger partial charge in [0.2, 0.25) is 5.82 Å². The third-order valence-corrected chi connectivity index (χ3v) is 6.04. The number of nitrogens with zero attached hydrogens (tertiary/aromatic N) is 3. The number of amides is 2. The summed E-state index contributed by atoms with van der Waals surface area (Å²) < 4.78 is 1.77. The van der Waals surface area contributed by atoms with Crippen molar-refractivity contribution < 1.29 is 9.59 Å². The monoisotopic (exact) mass is 382 g/mol. The van der Waals surface area contributed by atoms with E-state index in [0.29, 0.717) is 17.0 Å². The summed E-state index contributed by atoms with van der Waals surface area (Å²) >= 11 is 0. The van der Waals surface area contributed by atoms with Crippen LogP contribution in [-0.2, 0) is 0 Å². The lowest BCUT2D eigenvalue weighted by Crippen LogP contribution is -2.35. The number of carbonyl (C=O) groups excluding carboxylic acids is 2. The van der Waals surface area contributed by atoms with Crippen LogP contribution in [0.1, 0.15) is 85.3 Å². The van der Waals surface area contributed by atoms with Crippen molar-refractivity contribution >= 4 is 17.3 Å². The molecule has 2 amide bonds. The fraction of sp³-hybridized carbons (Fsp3) is 0.591. The lowest BCUT2D eigenvalue weighted by molar-refractivity contribution is 0.0748. The molecule has 2 fully saturated rings. The van der Waals surface area contributed by atoms with Gasteiger partial charge in [-0.3, -0.25) is 14.0 Å². The molecule has 2 aromatic rings. The molecule has 28 heavy (non-hydrogen) atoms. The van der Waals surface area contributed by atoms with E-state index in [2.05, 4.69) is 10.3 Å². The van der Waals surface area contributed by atoms with E-state index in [1.165, 1.54) is 25.7 Å². The molecule has 0 aromatic carbocycles. The van der Waals surface area contributed by atoms with E-state index < -0.39 is 0 Å². The van der Waals surface area contributed by atoms with Crippen LogP contribution in [-0.4, -0.2) is 45.2 Å². The molecule has 150 valence electrons. The average Bonchev–Trinajstić information content (AvgIpc) is 2.91. The number of rotatable bonds is 3. The first-order valence-electron chi connectivity index (χ1n) is 10.8. The summed E-state index contributed by atoms with van der Waals surface area (Å²) in [6.07, 6.45) is 13.1. The van der Waals surface area contributed by atoms with Gasteiger partial charge in [-0.25, -0.2) is 4.98 Å². The lowest BCUT2D eigenvalue weighted by Gasteiger charge is -2.19. The fourth-order valence-electron chi connectivity index (χ4n) is 4.45. The molecule has 6 nitrogen and oxygen atoms in total. The molecule has 2 aromatic heterocycles. The van der Waals surface area contributed by atoms with E-state index in [9.17, 15) is 9.59 Å². The fourth-order valence-corrected chi connectivity index (χ4v) is 4.45. The second-order valence-corrected chi connectivity index (χ2v) is 8.11. The molecular weight excluding hydrogens is 352 g/mol. The Labute approximate surface area is 166 Å². The Balaban J connectivity index is 1.60. The normalized spacial score (nSPS) is 19.2.